The molecule has 0 unspecified atom stereocenters. The van der Waals surface area contributed by atoms with E-state index in [2.05, 4.69) is 79.5 Å². The monoisotopic (exact) mass is 478 g/mol. The summed E-state index contributed by atoms with van der Waals surface area (Å²) in [7, 11) is 0. The van der Waals surface area contributed by atoms with Crippen LogP contribution in [0.15, 0.2) is 36.4 Å². The van der Waals surface area contributed by atoms with Crippen molar-refractivity contribution in [1.82, 2.24) is 0 Å². The van der Waals surface area contributed by atoms with Crippen molar-refractivity contribution < 1.29 is 26.9 Å². The van der Waals surface area contributed by atoms with E-state index in [0.717, 1.165) is 45.1 Å². The fraction of sp³-hybridized carbons (Fsp3) is 0.345. The molecule has 1 aromatic heterocycles. The average Bonchev–Trinajstić information content (AvgIpc) is 3.16. The van der Waals surface area contributed by atoms with E-state index >= 15 is 0 Å². The Morgan fingerprint density at radius 3 is 1.23 bits per heavy atom. The minimum Gasteiger partial charge on any atom is -0.166 e. The van der Waals surface area contributed by atoms with Gasteiger partial charge in [-0.1, -0.05) is 24.8 Å². The number of benzene rings is 2. The molecule has 2 aromatic carbocycles. The number of aromatic nitrogens is 1. The molecule has 0 saturated heterocycles. The molecule has 0 saturated carbocycles. The lowest BCUT2D eigenvalue weighted by atomic mass is 10.0. The molecule has 0 bridgehead atoms. The van der Waals surface area contributed by atoms with Crippen LogP contribution in [0.5, 0.6) is 0 Å². The van der Waals surface area contributed by atoms with Gasteiger partial charge in [-0.3, -0.25) is 0 Å². The van der Waals surface area contributed by atoms with Gasteiger partial charge >= 0.3 is 12.5 Å². The summed E-state index contributed by atoms with van der Waals surface area (Å²) in [4.78, 5) is 0. The van der Waals surface area contributed by atoms with Crippen LogP contribution in [0.4, 0.5) is 24.5 Å². The van der Waals surface area contributed by atoms with Crippen molar-refractivity contribution in [2.24, 2.45) is 0 Å². The predicted octanol–water partition coefficient (Wildman–Crippen LogP) is 6.63. The van der Waals surface area contributed by atoms with Gasteiger partial charge in [0.25, 0.3) is 22.8 Å². The lowest BCUT2D eigenvalue weighted by molar-refractivity contribution is -0.968. The molecule has 3 heterocycles. The number of aryl methyl sites for hydroxylation is 6. The highest BCUT2D eigenvalue weighted by molar-refractivity contribution is 5.97. The maximum Gasteiger partial charge on any atom is 0.555 e. The van der Waals surface area contributed by atoms with E-state index in [9.17, 15) is 13.2 Å². The number of nitrogens with zero attached hydrogens (tertiary/aromatic N) is 3. The van der Waals surface area contributed by atoms with E-state index < -0.39 is 11.7 Å². The molecule has 3 aromatic rings. The van der Waals surface area contributed by atoms with Crippen molar-refractivity contribution in [2.45, 2.75) is 67.9 Å². The Hall–Kier alpha value is -3.28. The Bertz CT molecular complexity index is 1360. The largest absolute Gasteiger partial charge is 0.555 e. The molecule has 5 rings (SSSR count). The SMILES string of the molecule is CC1=[N+](c2c(C)cc(C)cc2C)C2[N+](c3c(C)cc(C)cc3C)=C(C)c3cc(C(F)(F)F)cc1[n+]32. The quantitative estimate of drug-likeness (QED) is 0.366. The van der Waals surface area contributed by atoms with Gasteiger partial charge in [0.05, 0.1) is 5.56 Å². The molecule has 0 N–H and O–H groups in total. The standard InChI is InChI=1S/C29H31F3N3/c1-15-9-17(3)26(18(4)10-15)33-21(7)24-13-23(29(30,31)32)14-25-22(8)34(28(33)35(24)25)27-19(5)11-16(2)12-20(27)6/h9-14,28H,1-8H3/q+3. The third-order valence-electron chi connectivity index (χ3n) is 7.34. The van der Waals surface area contributed by atoms with Crippen LogP contribution < -0.4 is 4.57 Å². The molecular formula is C29H31F3N3+3. The molecule has 0 aliphatic carbocycles. The zero-order valence-electron chi connectivity index (χ0n) is 21.5. The van der Waals surface area contributed by atoms with Crippen LogP contribution in [-0.2, 0) is 6.18 Å². The van der Waals surface area contributed by atoms with Gasteiger partial charge in [0.1, 0.15) is 0 Å². The minimum atomic E-state index is -4.42. The fourth-order valence-electron chi connectivity index (χ4n) is 6.19. The Morgan fingerprint density at radius 1 is 0.571 bits per heavy atom. The molecule has 2 aliphatic rings. The maximum atomic E-state index is 14.0. The van der Waals surface area contributed by atoms with E-state index in [1.165, 1.54) is 23.3 Å². The van der Waals surface area contributed by atoms with Gasteiger partial charge in [-0.25, -0.2) is 0 Å². The molecule has 0 amide bonds. The summed E-state index contributed by atoms with van der Waals surface area (Å²) >= 11 is 0. The van der Waals surface area contributed by atoms with Gasteiger partial charge in [0.2, 0.25) is 11.4 Å². The fourth-order valence-corrected chi connectivity index (χ4v) is 6.19. The summed E-state index contributed by atoms with van der Waals surface area (Å²) in [5.74, 6) is 0. The van der Waals surface area contributed by atoms with Crippen molar-refractivity contribution in [3.05, 3.63) is 86.7 Å². The molecule has 180 valence electrons. The van der Waals surface area contributed by atoms with Gasteiger partial charge in [-0.2, -0.15) is 13.2 Å². The van der Waals surface area contributed by atoms with E-state index in [4.69, 9.17) is 0 Å². The van der Waals surface area contributed by atoms with Gasteiger partial charge in [0, 0.05) is 48.2 Å². The number of hydrogen-bond donors (Lipinski definition) is 0. The second kappa shape index (κ2) is 7.61. The van der Waals surface area contributed by atoms with Gasteiger partial charge in [-0.05, 0) is 65.8 Å². The first-order valence-corrected chi connectivity index (χ1v) is 11.9. The first-order valence-electron chi connectivity index (χ1n) is 11.9. The summed E-state index contributed by atoms with van der Waals surface area (Å²) in [5, 5.41) is 0. The van der Waals surface area contributed by atoms with Gasteiger partial charge in [-0.15, -0.1) is 0 Å². The second-order valence-corrected chi connectivity index (χ2v) is 10.1. The molecule has 0 spiro atoms. The van der Waals surface area contributed by atoms with E-state index in [1.807, 2.05) is 13.8 Å². The van der Waals surface area contributed by atoms with Crippen molar-refractivity contribution in [3.8, 4) is 0 Å². The average molecular weight is 479 g/mol. The molecule has 3 nitrogen and oxygen atoms in total. The van der Waals surface area contributed by atoms with Gasteiger partial charge in [0.15, 0.2) is 0 Å². The zero-order valence-corrected chi connectivity index (χ0v) is 21.5. The van der Waals surface area contributed by atoms with Crippen LogP contribution >= 0.6 is 0 Å². The number of alkyl halides is 3. The van der Waals surface area contributed by atoms with Crippen molar-refractivity contribution >= 4 is 22.8 Å². The highest BCUT2D eigenvalue weighted by atomic mass is 19.4. The molecule has 0 radical (unpaired) electrons. The Balaban J connectivity index is 1.90. The lowest BCUT2D eigenvalue weighted by Crippen LogP contribution is -2.45. The summed E-state index contributed by atoms with van der Waals surface area (Å²) in [6, 6.07) is 11.2. The van der Waals surface area contributed by atoms with Crippen LogP contribution in [0.25, 0.3) is 0 Å². The topological polar surface area (TPSA) is 9.90 Å². The van der Waals surface area contributed by atoms with E-state index in [0.29, 0.717) is 11.4 Å². The normalized spacial score (nSPS) is 15.5. The molecular weight excluding hydrogens is 447 g/mol. The number of pyridine rings is 1. The summed E-state index contributed by atoms with van der Waals surface area (Å²) in [5.41, 5.74) is 11.1. The number of halogens is 3. The smallest absolute Gasteiger partial charge is 0.166 e. The molecule has 35 heavy (non-hydrogen) atoms. The second-order valence-electron chi connectivity index (χ2n) is 10.1. The Kier molecular flexibility index (Phi) is 5.10. The molecule has 0 atom stereocenters. The summed E-state index contributed by atoms with van der Waals surface area (Å²) in [6.45, 7) is 16.3. The first kappa shape index (κ1) is 23.5. The lowest BCUT2D eigenvalue weighted by Gasteiger charge is -2.11. The molecule has 0 fully saturated rings. The van der Waals surface area contributed by atoms with E-state index in [-0.39, 0.29) is 6.29 Å². The number of hydrogen-bond acceptors (Lipinski definition) is 0. The van der Waals surface area contributed by atoms with Crippen LogP contribution in [-0.4, -0.2) is 20.6 Å². The summed E-state index contributed by atoms with van der Waals surface area (Å²) in [6.07, 6.45) is -4.74. The van der Waals surface area contributed by atoms with E-state index in [1.54, 1.807) is 0 Å². The van der Waals surface area contributed by atoms with Crippen LogP contribution in [0.1, 0.15) is 70.5 Å². The van der Waals surface area contributed by atoms with Crippen LogP contribution in [0.3, 0.4) is 0 Å². The molecule has 6 heteroatoms. The highest BCUT2D eigenvalue weighted by Crippen LogP contribution is 2.40. The van der Waals surface area contributed by atoms with Crippen LogP contribution in [0.2, 0.25) is 0 Å². The Morgan fingerprint density at radius 2 is 0.914 bits per heavy atom. The van der Waals surface area contributed by atoms with Crippen molar-refractivity contribution in [1.29, 1.82) is 0 Å². The highest BCUT2D eigenvalue weighted by Gasteiger charge is 2.63. The summed E-state index contributed by atoms with van der Waals surface area (Å²) < 4.78 is 48.4. The number of rotatable bonds is 2. The van der Waals surface area contributed by atoms with Crippen molar-refractivity contribution in [3.63, 3.8) is 0 Å². The zero-order chi connectivity index (χ0) is 25.6. The maximum absolute atomic E-state index is 14.0. The third-order valence-corrected chi connectivity index (χ3v) is 7.34. The van der Waals surface area contributed by atoms with Gasteiger partial charge < -0.3 is 0 Å². The van der Waals surface area contributed by atoms with Crippen molar-refractivity contribution in [2.75, 3.05) is 0 Å². The molecule has 2 aliphatic heterocycles. The van der Waals surface area contributed by atoms with Crippen LogP contribution in [0, 0.1) is 41.5 Å². The minimum absolute atomic E-state index is 0.317. The first-order chi connectivity index (χ1) is 16.3. The Labute approximate surface area is 204 Å². The predicted molar refractivity (Wildman–Crippen MR) is 131 cm³/mol. The third kappa shape index (κ3) is 3.37.